The molecule has 2 aromatic rings. The standard InChI is InChI=1S/C42H54N4O12S3.2Na/c1-41(2)32-28-30(60(53,54)55)17-19-34(32)44(24-11-7-8-16-38(47)43-23-9-5-6-10-25-46-39(48)21-22-40(46)49)36(41)14-12-15-37-42(3,4)33-29-31(61(56,57)58)18-20-35(33)45(37)26-13-27-59(50,51)52;;/h12,14-15,17-22,28-29H,5-11,13,16,23-27H2,1-4H3,(H3-,43,47,50,51,52,53,54,55,56,57,58);;/q;2*+1/p-2. The topological polar surface area (TPSA) is 244 Å². The molecule has 0 spiro atoms. The van der Waals surface area contributed by atoms with Gasteiger partial charge in [-0.1, -0.05) is 39.2 Å². The fourth-order valence-corrected chi connectivity index (χ4v) is 9.66. The zero-order chi connectivity index (χ0) is 45.0. The normalized spacial score (nSPS) is 17.3. The van der Waals surface area contributed by atoms with Crippen LogP contribution in [0.25, 0.3) is 0 Å². The molecule has 21 heteroatoms. The van der Waals surface area contributed by atoms with Crippen LogP contribution in [0, 0.1) is 0 Å². The van der Waals surface area contributed by atoms with Crippen LogP contribution in [0.1, 0.15) is 96.6 Å². The number of fused-ring (bicyclic) bond motifs is 2. The number of nitrogens with zero attached hydrogens (tertiary/aromatic N) is 3. The summed E-state index contributed by atoms with van der Waals surface area (Å²) in [5, 5.41) is 2.94. The molecule has 0 fully saturated rings. The molecule has 0 saturated carbocycles. The number of anilines is 1. The summed E-state index contributed by atoms with van der Waals surface area (Å²) in [7, 11) is -14.1. The number of amides is 3. The monoisotopic (exact) mass is 946 g/mol. The Hall–Kier alpha value is -2.53. The second-order valence-corrected chi connectivity index (χ2v) is 20.8. The molecule has 3 amide bonds. The van der Waals surface area contributed by atoms with Gasteiger partial charge in [-0.3, -0.25) is 19.3 Å². The van der Waals surface area contributed by atoms with Gasteiger partial charge in [0.2, 0.25) is 11.6 Å². The molecular weight excluding hydrogens is 895 g/mol. The summed E-state index contributed by atoms with van der Waals surface area (Å²) in [4.78, 5) is 38.4. The molecule has 2 aromatic carbocycles. The van der Waals surface area contributed by atoms with Crippen LogP contribution in [-0.4, -0.2) is 104 Å². The van der Waals surface area contributed by atoms with Crippen molar-refractivity contribution < 1.29 is 117 Å². The average Bonchev–Trinajstić information content (AvgIpc) is 3.67. The van der Waals surface area contributed by atoms with Gasteiger partial charge in [-0.25, -0.2) is 25.3 Å². The molecule has 3 aliphatic heterocycles. The maximum absolute atomic E-state index is 12.6. The van der Waals surface area contributed by atoms with Gasteiger partial charge in [0.15, 0.2) is 5.71 Å². The fourth-order valence-electron chi connectivity index (χ4n) is 8.18. The summed E-state index contributed by atoms with van der Waals surface area (Å²) >= 11 is 0. The summed E-state index contributed by atoms with van der Waals surface area (Å²) < 4.78 is 108. The number of nitrogens with one attached hydrogen (secondary N) is 1. The van der Waals surface area contributed by atoms with E-state index in [-0.39, 0.29) is 94.7 Å². The minimum absolute atomic E-state index is 0. The number of rotatable bonds is 21. The van der Waals surface area contributed by atoms with E-state index in [1.165, 1.54) is 47.4 Å². The van der Waals surface area contributed by atoms with E-state index in [4.69, 9.17) is 0 Å². The molecule has 332 valence electrons. The van der Waals surface area contributed by atoms with E-state index in [1.807, 2.05) is 33.8 Å². The molecule has 0 aliphatic carbocycles. The molecule has 1 N–H and O–H groups in total. The van der Waals surface area contributed by atoms with Crippen molar-refractivity contribution >= 4 is 65.2 Å². The predicted molar refractivity (Wildman–Crippen MR) is 224 cm³/mol. The SMILES string of the molecule is CC1(C)C(/C=C/C=C2/N(CCCCCC(=O)NCCCCCCN3C(=O)C=CC3=O)c3ccc(S(=O)(=O)[O-])cc3C2(C)C)=[N+](CCCS(=O)(=O)[O-])c2ccc(S(=O)(=O)[O-])cc21.[Na+].[Na+]. The maximum Gasteiger partial charge on any atom is 1.00 e. The molecule has 16 nitrogen and oxygen atoms in total. The van der Waals surface area contributed by atoms with E-state index in [0.29, 0.717) is 74.3 Å². The van der Waals surface area contributed by atoms with Crippen molar-refractivity contribution in [2.24, 2.45) is 0 Å². The van der Waals surface area contributed by atoms with Gasteiger partial charge >= 0.3 is 59.1 Å². The van der Waals surface area contributed by atoms with Gasteiger partial charge in [-0.2, -0.15) is 4.58 Å². The maximum atomic E-state index is 12.6. The van der Waals surface area contributed by atoms with Crippen LogP contribution < -0.4 is 69.3 Å². The molecule has 0 aromatic heterocycles. The molecule has 3 heterocycles. The molecular formula is C42H52N4Na2O12S3. The molecule has 3 aliphatic rings. The van der Waals surface area contributed by atoms with Crippen LogP contribution in [0.3, 0.4) is 0 Å². The number of benzene rings is 2. The second-order valence-electron chi connectivity index (χ2n) is 16.5. The van der Waals surface area contributed by atoms with Crippen LogP contribution in [0.5, 0.6) is 0 Å². The first kappa shape index (κ1) is 54.8. The number of carbonyl (C=O) groups excluding carboxylic acids is 3. The van der Waals surface area contributed by atoms with Gasteiger partial charge in [0, 0.05) is 84.9 Å². The Bertz CT molecular complexity index is 2520. The second kappa shape index (κ2) is 22.3. The Kier molecular flexibility index (Phi) is 19.4. The smallest absolute Gasteiger partial charge is 0.748 e. The van der Waals surface area contributed by atoms with E-state index >= 15 is 0 Å². The van der Waals surface area contributed by atoms with Gasteiger partial charge in [-0.05, 0) is 81.5 Å². The Morgan fingerprint density at radius 1 is 0.714 bits per heavy atom. The van der Waals surface area contributed by atoms with Crippen molar-refractivity contribution in [3.8, 4) is 0 Å². The van der Waals surface area contributed by atoms with Crippen molar-refractivity contribution in [3.05, 3.63) is 83.6 Å². The van der Waals surface area contributed by atoms with Crippen LogP contribution in [0.15, 0.2) is 82.3 Å². The van der Waals surface area contributed by atoms with Gasteiger partial charge < -0.3 is 23.9 Å². The molecule has 0 saturated heterocycles. The van der Waals surface area contributed by atoms with E-state index in [9.17, 15) is 53.3 Å². The number of allylic oxidation sites excluding steroid dienone is 4. The summed E-state index contributed by atoms with van der Waals surface area (Å²) in [5.41, 5.74) is 2.22. The third kappa shape index (κ3) is 13.8. The Labute approximate surface area is 415 Å². The molecule has 5 rings (SSSR count). The predicted octanol–water partition coefficient (Wildman–Crippen LogP) is -1.79. The zero-order valence-electron chi connectivity index (χ0n) is 36.7. The quantitative estimate of drug-likeness (QED) is 0.0479. The van der Waals surface area contributed by atoms with E-state index in [1.54, 1.807) is 22.8 Å². The van der Waals surface area contributed by atoms with Crippen LogP contribution in [-0.2, 0) is 55.6 Å². The zero-order valence-corrected chi connectivity index (χ0v) is 43.2. The van der Waals surface area contributed by atoms with Crippen molar-refractivity contribution in [1.82, 2.24) is 10.2 Å². The van der Waals surface area contributed by atoms with Crippen LogP contribution in [0.4, 0.5) is 11.4 Å². The first-order chi connectivity index (χ1) is 28.4. The van der Waals surface area contributed by atoms with Crippen molar-refractivity contribution in [3.63, 3.8) is 0 Å². The molecule has 0 radical (unpaired) electrons. The van der Waals surface area contributed by atoms with Crippen molar-refractivity contribution in [2.75, 3.05) is 36.8 Å². The molecule has 63 heavy (non-hydrogen) atoms. The Morgan fingerprint density at radius 3 is 1.87 bits per heavy atom. The Balaban J connectivity index is 0.00000528. The molecule has 0 unspecified atom stereocenters. The van der Waals surface area contributed by atoms with Gasteiger partial charge in [0.25, 0.3) is 11.8 Å². The van der Waals surface area contributed by atoms with Gasteiger partial charge in [0.1, 0.15) is 26.8 Å². The van der Waals surface area contributed by atoms with Crippen molar-refractivity contribution in [2.45, 2.75) is 106 Å². The van der Waals surface area contributed by atoms with Crippen LogP contribution in [0.2, 0.25) is 0 Å². The van der Waals surface area contributed by atoms with E-state index < -0.39 is 51.8 Å². The third-order valence-electron chi connectivity index (χ3n) is 11.4. The van der Waals surface area contributed by atoms with Gasteiger partial charge in [0.05, 0.1) is 25.3 Å². The van der Waals surface area contributed by atoms with E-state index in [2.05, 4.69) is 10.2 Å². The number of unbranched alkanes of at least 4 members (excludes halogenated alkanes) is 5. The summed E-state index contributed by atoms with van der Waals surface area (Å²) in [6.07, 6.45) is 13.4. The summed E-state index contributed by atoms with van der Waals surface area (Å²) in [6, 6.07) is 8.28. The minimum atomic E-state index is -4.79. The number of carbonyl (C=O) groups is 3. The first-order valence-electron chi connectivity index (χ1n) is 20.2. The number of imide groups is 1. The average molecular weight is 947 g/mol. The van der Waals surface area contributed by atoms with Crippen molar-refractivity contribution in [1.29, 1.82) is 0 Å². The third-order valence-corrected chi connectivity index (χ3v) is 13.9. The molecule has 0 atom stereocenters. The van der Waals surface area contributed by atoms with E-state index in [0.717, 1.165) is 30.6 Å². The largest absolute Gasteiger partial charge is 1.00 e. The minimum Gasteiger partial charge on any atom is -0.748 e. The first-order valence-corrected chi connectivity index (χ1v) is 24.6. The van der Waals surface area contributed by atoms with Gasteiger partial charge in [-0.15, -0.1) is 0 Å². The molecule has 0 bridgehead atoms. The fraction of sp³-hybridized carbons (Fsp3) is 0.476. The summed E-state index contributed by atoms with van der Waals surface area (Å²) in [5.74, 6) is -1.26. The summed E-state index contributed by atoms with van der Waals surface area (Å²) in [6.45, 7) is 9.00. The Morgan fingerprint density at radius 2 is 1.27 bits per heavy atom. The number of hydrogen-bond acceptors (Lipinski definition) is 13. The van der Waals surface area contributed by atoms with Crippen LogP contribution >= 0.6 is 0 Å². The number of hydrogen-bond donors (Lipinski definition) is 1.